The van der Waals surface area contributed by atoms with Crippen molar-refractivity contribution in [3.63, 3.8) is 0 Å². The molecule has 4 heteroatoms. The molecule has 4 atom stereocenters. The van der Waals surface area contributed by atoms with Crippen LogP contribution >= 0.6 is 0 Å². The maximum atomic E-state index is 2.95. The molecule has 0 N–H and O–H groups in total. The second kappa shape index (κ2) is 15.9. The molecule has 4 aliphatic heterocycles. The molecule has 74 heavy (non-hydrogen) atoms. The van der Waals surface area contributed by atoms with Crippen molar-refractivity contribution in [3.8, 4) is 11.1 Å². The summed E-state index contributed by atoms with van der Waals surface area (Å²) in [4.78, 5) is 8.54. The number of para-hydroxylation sites is 2. The number of benzene rings is 8. The van der Waals surface area contributed by atoms with Crippen molar-refractivity contribution in [2.24, 2.45) is 0 Å². The van der Waals surface area contributed by atoms with Crippen molar-refractivity contribution in [2.75, 3.05) is 14.7 Å². The Labute approximate surface area is 441 Å². The molecule has 0 radical (unpaired) electrons. The van der Waals surface area contributed by atoms with Gasteiger partial charge in [-0.25, -0.2) is 0 Å². The van der Waals surface area contributed by atoms with E-state index in [1.54, 1.807) is 0 Å². The summed E-state index contributed by atoms with van der Waals surface area (Å²) in [5.74, 6) is 0. The third-order valence-corrected chi connectivity index (χ3v) is 19.7. The van der Waals surface area contributed by atoms with Crippen molar-refractivity contribution in [3.05, 3.63) is 215 Å². The minimum absolute atomic E-state index is 0.0268. The largest absolute Gasteiger partial charge is 0.335 e. The first-order chi connectivity index (χ1) is 35.7. The number of hydrogen-bond donors (Lipinski definition) is 0. The van der Waals surface area contributed by atoms with Gasteiger partial charge in [-0.1, -0.05) is 213 Å². The number of hydrogen-bond acceptors (Lipinski definition) is 3. The topological polar surface area (TPSA) is 9.72 Å². The molecule has 8 aromatic carbocycles. The quantitative estimate of drug-likeness (QED) is 0.159. The molecular weight excluding hydrogens is 894 g/mol. The van der Waals surface area contributed by atoms with E-state index in [-0.39, 0.29) is 39.5 Å². The minimum Gasteiger partial charge on any atom is -0.335 e. The molecule has 4 heterocycles. The van der Waals surface area contributed by atoms with Crippen LogP contribution in [0.4, 0.5) is 39.8 Å². The van der Waals surface area contributed by atoms with Crippen LogP contribution in [0.2, 0.25) is 0 Å². The van der Waals surface area contributed by atoms with Crippen molar-refractivity contribution < 1.29 is 0 Å². The van der Waals surface area contributed by atoms with Crippen molar-refractivity contribution in [1.29, 1.82) is 0 Å². The monoisotopic (exact) mass is 964 g/mol. The number of fused-ring (bicyclic) bond motifs is 10. The van der Waals surface area contributed by atoms with Crippen LogP contribution in [-0.4, -0.2) is 17.8 Å². The normalized spacial score (nSPS) is 24.2. The molecule has 8 aromatic rings. The predicted octanol–water partition coefficient (Wildman–Crippen LogP) is 16.1. The molecule has 0 saturated heterocycles. The Morgan fingerprint density at radius 3 is 1.59 bits per heavy atom. The van der Waals surface area contributed by atoms with E-state index < -0.39 is 0 Å². The highest BCUT2D eigenvalue weighted by atomic mass is 15.3. The Balaban J connectivity index is 1.13. The van der Waals surface area contributed by atoms with E-state index in [1.807, 2.05) is 0 Å². The van der Waals surface area contributed by atoms with E-state index in [1.165, 1.54) is 126 Å². The first-order valence-corrected chi connectivity index (χ1v) is 28.0. The number of rotatable bonds is 5. The third-order valence-electron chi connectivity index (χ3n) is 19.7. The van der Waals surface area contributed by atoms with E-state index in [9.17, 15) is 0 Å². The maximum Gasteiger partial charge on any atom is 0.252 e. The van der Waals surface area contributed by atoms with Gasteiger partial charge in [0, 0.05) is 50.5 Å². The van der Waals surface area contributed by atoms with Gasteiger partial charge in [0.1, 0.15) is 0 Å². The van der Waals surface area contributed by atoms with Gasteiger partial charge in [-0.15, -0.1) is 0 Å². The molecule has 0 amide bonds. The first kappa shape index (κ1) is 45.8. The Kier molecular flexibility index (Phi) is 9.83. The molecular formula is C70H70BN3. The maximum absolute atomic E-state index is 2.95. The summed E-state index contributed by atoms with van der Waals surface area (Å²) in [5, 5.41) is 0. The van der Waals surface area contributed by atoms with Gasteiger partial charge in [-0.3, -0.25) is 0 Å². The van der Waals surface area contributed by atoms with Gasteiger partial charge in [-0.2, -0.15) is 0 Å². The van der Waals surface area contributed by atoms with E-state index in [2.05, 4.69) is 252 Å². The van der Waals surface area contributed by atoms with Crippen LogP contribution in [-0.2, 0) is 21.7 Å². The number of anilines is 7. The van der Waals surface area contributed by atoms with Crippen LogP contribution in [0.15, 0.2) is 182 Å². The number of nitrogens with zero attached hydrogens (tertiary/aromatic N) is 3. The smallest absolute Gasteiger partial charge is 0.252 e. The van der Waals surface area contributed by atoms with E-state index in [0.29, 0.717) is 0 Å². The molecule has 6 aliphatic rings. The lowest BCUT2D eigenvalue weighted by Crippen LogP contribution is -2.65. The Bertz CT molecular complexity index is 3550. The van der Waals surface area contributed by atoms with Crippen LogP contribution in [0.5, 0.6) is 0 Å². The third kappa shape index (κ3) is 5.97. The summed E-state index contributed by atoms with van der Waals surface area (Å²) in [7, 11) is 0. The molecule has 2 fully saturated rings. The van der Waals surface area contributed by atoms with Crippen molar-refractivity contribution >= 4 is 62.9 Å². The zero-order valence-corrected chi connectivity index (χ0v) is 44.9. The standard InChI is InChI=1S/C70H70BN3/c1-65(2,3)50-35-37-58(53(43-50)47-25-12-9-13-26-47)72-60-38-36-51(66(4,5)6)44-57(60)71-56-33-24-32-55-64(56)74(68(8)40-21-23-42-70(55,68)49-29-16-11-17-30-49)62-46-52(45-61(72)63(62)71)73-59-34-19-18-31-54(59)69(48-27-14-10-15-28-48)41-22-20-39-67(69,73)7/h9-19,24-38,43-46H,20-23,39-42H2,1-8H3. The van der Waals surface area contributed by atoms with E-state index in [0.717, 1.165) is 25.7 Å². The van der Waals surface area contributed by atoms with Gasteiger partial charge >= 0.3 is 0 Å². The summed E-state index contributed by atoms with van der Waals surface area (Å²) in [6, 6.07) is 71.8. The average molecular weight is 964 g/mol. The first-order valence-electron chi connectivity index (χ1n) is 28.0. The lowest BCUT2D eigenvalue weighted by molar-refractivity contribution is 0.214. The second-order valence-corrected chi connectivity index (χ2v) is 25.5. The van der Waals surface area contributed by atoms with Crippen molar-refractivity contribution in [1.82, 2.24) is 0 Å². The van der Waals surface area contributed by atoms with Gasteiger partial charge < -0.3 is 14.7 Å². The molecule has 0 spiro atoms. The summed E-state index contributed by atoms with van der Waals surface area (Å²) in [6.07, 6.45) is 9.30. The Morgan fingerprint density at radius 2 is 0.946 bits per heavy atom. The highest BCUT2D eigenvalue weighted by Gasteiger charge is 2.65. The molecule has 14 rings (SSSR count). The summed E-state index contributed by atoms with van der Waals surface area (Å²) in [6.45, 7) is 19.5. The molecule has 0 bridgehead atoms. The fourth-order valence-corrected chi connectivity index (χ4v) is 16.3. The van der Waals surface area contributed by atoms with E-state index in [4.69, 9.17) is 0 Å². The molecule has 2 saturated carbocycles. The molecule has 2 aliphatic carbocycles. The van der Waals surface area contributed by atoms with Crippen LogP contribution in [0, 0.1) is 0 Å². The average Bonchev–Trinajstić information content (AvgIpc) is 3.81. The van der Waals surface area contributed by atoms with Crippen molar-refractivity contribution in [2.45, 2.75) is 139 Å². The summed E-state index contributed by atoms with van der Waals surface area (Å²) >= 11 is 0. The molecule has 368 valence electrons. The van der Waals surface area contributed by atoms with Crippen LogP contribution in [0.25, 0.3) is 11.1 Å². The lowest BCUT2D eigenvalue weighted by atomic mass is 9.33. The van der Waals surface area contributed by atoms with E-state index >= 15 is 0 Å². The SMILES string of the molecule is CC(C)(C)c1ccc2c(c1)B1c3cccc4c3N(c3cc(N5c6ccccc6C6(c7ccccc7)CCCCC56C)cc(c31)N2c1ccc(C(C)(C)C)cc1-c1ccccc1)C1(C)CCCCC41c1ccccc1. The zero-order chi connectivity index (χ0) is 50.6. The molecule has 3 nitrogen and oxygen atoms in total. The van der Waals surface area contributed by atoms with Crippen LogP contribution < -0.4 is 31.1 Å². The fraction of sp³-hybridized carbons (Fsp3) is 0.314. The van der Waals surface area contributed by atoms with Crippen LogP contribution in [0.1, 0.15) is 140 Å². The molecule has 0 aromatic heterocycles. The lowest BCUT2D eigenvalue weighted by Gasteiger charge is -2.55. The van der Waals surface area contributed by atoms with Gasteiger partial charge in [0.25, 0.3) is 6.71 Å². The predicted molar refractivity (Wildman–Crippen MR) is 314 cm³/mol. The highest BCUT2D eigenvalue weighted by Crippen LogP contribution is 2.67. The Morgan fingerprint density at radius 1 is 0.419 bits per heavy atom. The fourth-order valence-electron chi connectivity index (χ4n) is 16.3. The summed E-state index contributed by atoms with van der Waals surface area (Å²) < 4.78 is 0. The minimum atomic E-state index is -0.232. The second-order valence-electron chi connectivity index (χ2n) is 25.5. The van der Waals surface area contributed by atoms with Crippen LogP contribution in [0.3, 0.4) is 0 Å². The highest BCUT2D eigenvalue weighted by molar-refractivity contribution is 7.00. The van der Waals surface area contributed by atoms with Gasteiger partial charge in [0.05, 0.1) is 16.8 Å². The van der Waals surface area contributed by atoms with Gasteiger partial charge in [-0.05, 0) is 142 Å². The van der Waals surface area contributed by atoms with Gasteiger partial charge in [0.2, 0.25) is 0 Å². The zero-order valence-electron chi connectivity index (χ0n) is 44.9. The Hall–Kier alpha value is -6.78. The van der Waals surface area contributed by atoms with Gasteiger partial charge in [0.15, 0.2) is 0 Å². The summed E-state index contributed by atoms with van der Waals surface area (Å²) in [5.41, 5.74) is 23.7. The molecule has 4 unspecified atom stereocenters.